The number of hydrogen-bond donors (Lipinski definition) is 0. The first-order valence-corrected chi connectivity index (χ1v) is 8.83. The molecule has 0 radical (unpaired) electrons. The van der Waals surface area contributed by atoms with Crippen LogP contribution in [-0.4, -0.2) is 31.1 Å². The molecule has 2 rings (SSSR count). The van der Waals surface area contributed by atoms with Gasteiger partial charge in [-0.05, 0) is 0 Å². The number of allylic oxidation sites excluding steroid dienone is 1. The number of aromatic nitrogens is 2. The molecule has 0 aliphatic heterocycles. The maximum Gasteiger partial charge on any atom is 0.301 e. The molecule has 10 heteroatoms. The predicted molar refractivity (Wildman–Crippen MR) is 85.1 cm³/mol. The molecule has 1 aromatic carbocycles. The summed E-state index contributed by atoms with van der Waals surface area (Å²) in [4.78, 5) is 0. The van der Waals surface area contributed by atoms with Crippen LogP contribution in [0.2, 0.25) is 0 Å². The molecule has 1 heterocycles. The van der Waals surface area contributed by atoms with Crippen LogP contribution in [0.1, 0.15) is 17.0 Å². The van der Waals surface area contributed by atoms with Crippen LogP contribution < -0.4 is 0 Å². The van der Waals surface area contributed by atoms with E-state index in [1.54, 1.807) is 12.1 Å². The average Bonchev–Trinajstić information content (AvgIpc) is 3.01. The summed E-state index contributed by atoms with van der Waals surface area (Å²) in [6, 6.07) is 9.05. The largest absolute Gasteiger partial charge is 0.623 e. The molecule has 0 spiro atoms. The van der Waals surface area contributed by atoms with E-state index in [-0.39, 0.29) is 21.6 Å². The Bertz CT molecular complexity index is 775. The normalized spacial score (nSPS) is 12.9. The topological polar surface area (TPSA) is 68.9 Å². The Kier molecular flexibility index (Phi) is 6.62. The molecule has 0 N–H and O–H groups in total. The Hall–Kier alpha value is -2.07. The van der Waals surface area contributed by atoms with Crippen LogP contribution in [-0.2, 0) is 17.3 Å². The minimum Gasteiger partial charge on any atom is -0.623 e. The first kappa shape index (κ1) is 18.3. The molecule has 128 valence electrons. The second-order valence-corrected chi connectivity index (χ2v) is 7.31. The Balaban J connectivity index is 1.98. The number of hydroxylamine groups is 1. The highest BCUT2D eigenvalue weighted by molar-refractivity contribution is 7.87. The van der Waals surface area contributed by atoms with E-state index in [0.29, 0.717) is 4.74 Å². The predicted octanol–water partition coefficient (Wildman–Crippen LogP) is 3.24. The van der Waals surface area contributed by atoms with Crippen LogP contribution >= 0.6 is 11.3 Å². The van der Waals surface area contributed by atoms with Gasteiger partial charge in [0, 0.05) is 17.7 Å². The van der Waals surface area contributed by atoms with E-state index in [2.05, 4.69) is 10.2 Å². The Labute approximate surface area is 142 Å². The van der Waals surface area contributed by atoms with E-state index in [9.17, 15) is 22.6 Å². The molecule has 1 unspecified atom stereocenters. The van der Waals surface area contributed by atoms with Gasteiger partial charge >= 0.3 is 6.08 Å². The highest BCUT2D eigenvalue weighted by Crippen LogP contribution is 2.18. The van der Waals surface area contributed by atoms with Gasteiger partial charge < -0.3 is 5.21 Å². The maximum absolute atomic E-state index is 12.7. The highest BCUT2D eigenvalue weighted by atomic mass is 32.2. The van der Waals surface area contributed by atoms with Crippen molar-refractivity contribution in [1.29, 1.82) is 0 Å². The minimum absolute atomic E-state index is 0.0569. The fourth-order valence-electron chi connectivity index (χ4n) is 1.66. The smallest absolute Gasteiger partial charge is 0.301 e. The molecule has 0 bridgehead atoms. The zero-order valence-corrected chi connectivity index (χ0v) is 13.8. The van der Waals surface area contributed by atoms with Gasteiger partial charge in [-0.2, -0.15) is 8.78 Å². The van der Waals surface area contributed by atoms with Gasteiger partial charge in [-0.25, -0.2) is 9.13 Å². The number of halogens is 3. The van der Waals surface area contributed by atoms with Crippen LogP contribution in [0.15, 0.2) is 46.6 Å². The van der Waals surface area contributed by atoms with Gasteiger partial charge in [0.05, 0.1) is 10.8 Å². The van der Waals surface area contributed by atoms with Crippen molar-refractivity contribution in [3.05, 3.63) is 58.0 Å². The zero-order valence-electron chi connectivity index (χ0n) is 12.2. The van der Waals surface area contributed by atoms with Gasteiger partial charge in [0.25, 0.3) is 0 Å². The third-order valence-electron chi connectivity index (χ3n) is 2.76. The average molecular weight is 375 g/mol. The van der Waals surface area contributed by atoms with Gasteiger partial charge in [-0.1, -0.05) is 41.7 Å². The summed E-state index contributed by atoms with van der Waals surface area (Å²) in [6.45, 7) is 0.116. The van der Waals surface area contributed by atoms with Crippen molar-refractivity contribution < 1.29 is 22.1 Å². The van der Waals surface area contributed by atoms with Crippen molar-refractivity contribution in [2.75, 3.05) is 5.75 Å². The van der Waals surface area contributed by atoms with E-state index >= 15 is 0 Å². The standard InChI is InChI=1S/C14H12F3N3O2S2/c15-11(13(16)17)6-7-24(22)14-19-18-12(23-14)9-20(21)8-10-4-2-1-3-5-10/h1-5,9H,6-8H2/b20-9-. The van der Waals surface area contributed by atoms with Crippen molar-refractivity contribution in [3.8, 4) is 0 Å². The third-order valence-corrected chi connectivity index (χ3v) is 5.27. The quantitative estimate of drug-likeness (QED) is 0.322. The summed E-state index contributed by atoms with van der Waals surface area (Å²) < 4.78 is 49.1. The van der Waals surface area contributed by atoms with E-state index in [0.717, 1.165) is 16.9 Å². The van der Waals surface area contributed by atoms with E-state index in [4.69, 9.17) is 0 Å². The molecule has 0 saturated carbocycles. The first-order valence-electron chi connectivity index (χ1n) is 6.70. The lowest BCUT2D eigenvalue weighted by atomic mass is 10.2. The second-order valence-electron chi connectivity index (χ2n) is 4.56. The number of rotatable bonds is 7. The summed E-state index contributed by atoms with van der Waals surface area (Å²) >= 11 is 0.894. The summed E-state index contributed by atoms with van der Waals surface area (Å²) in [5, 5.41) is 19.4. The molecule has 0 amide bonds. The maximum atomic E-state index is 12.7. The number of benzene rings is 1. The highest BCUT2D eigenvalue weighted by Gasteiger charge is 2.14. The van der Waals surface area contributed by atoms with Crippen molar-refractivity contribution in [1.82, 2.24) is 10.2 Å². The fourth-order valence-corrected chi connectivity index (χ4v) is 3.72. The third kappa shape index (κ3) is 5.53. The monoisotopic (exact) mass is 375 g/mol. The van der Waals surface area contributed by atoms with Gasteiger partial charge in [0.2, 0.25) is 15.6 Å². The van der Waals surface area contributed by atoms with Crippen molar-refractivity contribution in [3.63, 3.8) is 0 Å². The zero-order chi connectivity index (χ0) is 17.5. The van der Waals surface area contributed by atoms with Crippen LogP contribution in [0.4, 0.5) is 13.2 Å². The van der Waals surface area contributed by atoms with Crippen LogP contribution in [0.5, 0.6) is 0 Å². The van der Waals surface area contributed by atoms with E-state index in [1.165, 1.54) is 6.21 Å². The summed E-state index contributed by atoms with van der Waals surface area (Å²) in [5.74, 6) is -1.92. The van der Waals surface area contributed by atoms with Gasteiger partial charge in [-0.15, -0.1) is 10.2 Å². The lowest BCUT2D eigenvalue weighted by Gasteiger charge is -2.02. The SMILES string of the molecule is O=S(CCC(F)=C(F)F)c1nnc(/C=[N+](\[O-])Cc2ccccc2)s1. The molecule has 24 heavy (non-hydrogen) atoms. The lowest BCUT2D eigenvalue weighted by Crippen LogP contribution is -2.05. The Morgan fingerprint density at radius 1 is 1.25 bits per heavy atom. The Morgan fingerprint density at radius 3 is 2.62 bits per heavy atom. The molecule has 0 fully saturated rings. The minimum atomic E-state index is -2.42. The molecule has 0 saturated heterocycles. The summed E-state index contributed by atoms with van der Waals surface area (Å²) in [5.41, 5.74) is 0.813. The molecular formula is C14H12F3N3O2S2. The molecule has 0 aliphatic carbocycles. The van der Waals surface area contributed by atoms with E-state index < -0.39 is 29.1 Å². The Morgan fingerprint density at radius 2 is 1.96 bits per heavy atom. The molecule has 1 atom stereocenters. The number of hydrogen-bond acceptors (Lipinski definition) is 5. The molecule has 5 nitrogen and oxygen atoms in total. The van der Waals surface area contributed by atoms with E-state index in [1.807, 2.05) is 18.2 Å². The summed E-state index contributed by atoms with van der Waals surface area (Å²) in [7, 11) is -1.76. The first-order chi connectivity index (χ1) is 11.5. The van der Waals surface area contributed by atoms with Crippen LogP contribution in [0.25, 0.3) is 0 Å². The summed E-state index contributed by atoms with van der Waals surface area (Å²) in [6.07, 6.45) is -1.86. The lowest BCUT2D eigenvalue weighted by molar-refractivity contribution is -0.469. The molecular weight excluding hydrogens is 363 g/mol. The molecule has 1 aromatic heterocycles. The van der Waals surface area contributed by atoms with Gasteiger partial charge in [0.1, 0.15) is 0 Å². The molecule has 0 aliphatic rings. The number of nitrogens with zero attached hydrogens (tertiary/aromatic N) is 3. The van der Waals surface area contributed by atoms with Crippen LogP contribution in [0.3, 0.4) is 0 Å². The second kappa shape index (κ2) is 8.69. The molecule has 2 aromatic rings. The van der Waals surface area contributed by atoms with Crippen LogP contribution in [0, 0.1) is 5.21 Å². The van der Waals surface area contributed by atoms with Crippen molar-refractivity contribution in [2.24, 2.45) is 0 Å². The van der Waals surface area contributed by atoms with Crippen molar-refractivity contribution >= 4 is 28.4 Å². The van der Waals surface area contributed by atoms with Crippen molar-refractivity contribution in [2.45, 2.75) is 17.3 Å². The fraction of sp³-hybridized carbons (Fsp3) is 0.214. The van der Waals surface area contributed by atoms with Gasteiger partial charge in [0.15, 0.2) is 12.4 Å². The van der Waals surface area contributed by atoms with Gasteiger partial charge in [-0.3, -0.25) is 4.21 Å².